The molecule has 0 N–H and O–H groups in total. The highest BCUT2D eigenvalue weighted by Crippen LogP contribution is 2.41. The van der Waals surface area contributed by atoms with E-state index in [0.29, 0.717) is 17.5 Å². The second-order valence-corrected chi connectivity index (χ2v) is 13.5. The Labute approximate surface area is 292 Å². The van der Waals surface area contributed by atoms with Gasteiger partial charge in [0.15, 0.2) is 17.5 Å². The molecule has 0 saturated carbocycles. The Morgan fingerprint density at radius 1 is 0.360 bits per heavy atom. The van der Waals surface area contributed by atoms with Gasteiger partial charge in [-0.3, -0.25) is 0 Å². The maximum atomic E-state index is 6.47. The van der Waals surface area contributed by atoms with Crippen LogP contribution in [-0.2, 0) is 0 Å². The molecule has 10 aromatic rings. The SMILES string of the molecule is c1ccc(-c2ccc(-c3nc(-c4cc(-c5ccccc5)c5c(c4)oc4ccccc45)nc(-c4ccc5c(c4)sc4ccccc45)n3)cc2)cc1. The number of thiophene rings is 1. The third-order valence-electron chi connectivity index (χ3n) is 9.34. The first kappa shape index (κ1) is 28.6. The van der Waals surface area contributed by atoms with Crippen molar-refractivity contribution in [1.82, 2.24) is 15.0 Å². The van der Waals surface area contributed by atoms with Crippen LogP contribution in [0.5, 0.6) is 0 Å². The van der Waals surface area contributed by atoms with Gasteiger partial charge in [0.1, 0.15) is 11.2 Å². The predicted molar refractivity (Wildman–Crippen MR) is 207 cm³/mol. The van der Waals surface area contributed by atoms with E-state index in [1.165, 1.54) is 25.7 Å². The van der Waals surface area contributed by atoms with Gasteiger partial charge in [0.05, 0.1) is 0 Å². The van der Waals surface area contributed by atoms with Gasteiger partial charge in [-0.25, -0.2) is 15.0 Å². The average Bonchev–Trinajstić information content (AvgIpc) is 3.76. The minimum atomic E-state index is 0.591. The summed E-state index contributed by atoms with van der Waals surface area (Å²) in [7, 11) is 0. The van der Waals surface area contributed by atoms with Gasteiger partial charge >= 0.3 is 0 Å². The monoisotopic (exact) mass is 657 g/mol. The van der Waals surface area contributed by atoms with Crippen molar-refractivity contribution in [3.8, 4) is 56.4 Å². The molecule has 0 aliphatic heterocycles. The van der Waals surface area contributed by atoms with Crippen LogP contribution in [0.1, 0.15) is 0 Å². The van der Waals surface area contributed by atoms with E-state index in [4.69, 9.17) is 19.4 Å². The van der Waals surface area contributed by atoms with Gasteiger partial charge < -0.3 is 4.42 Å². The zero-order valence-electron chi connectivity index (χ0n) is 26.7. The van der Waals surface area contributed by atoms with E-state index in [1.807, 2.05) is 24.3 Å². The van der Waals surface area contributed by atoms with E-state index in [0.717, 1.165) is 55.3 Å². The molecule has 234 valence electrons. The molecule has 0 spiro atoms. The lowest BCUT2D eigenvalue weighted by Crippen LogP contribution is -2.00. The van der Waals surface area contributed by atoms with Gasteiger partial charge in [-0.15, -0.1) is 11.3 Å². The van der Waals surface area contributed by atoms with Crippen molar-refractivity contribution in [2.75, 3.05) is 0 Å². The fourth-order valence-electron chi connectivity index (χ4n) is 6.90. The normalized spacial score (nSPS) is 11.6. The molecule has 10 rings (SSSR count). The van der Waals surface area contributed by atoms with Crippen LogP contribution in [0.4, 0.5) is 0 Å². The first-order valence-electron chi connectivity index (χ1n) is 16.6. The van der Waals surface area contributed by atoms with Crippen molar-refractivity contribution in [2.24, 2.45) is 0 Å². The molecule has 4 nitrogen and oxygen atoms in total. The fourth-order valence-corrected chi connectivity index (χ4v) is 8.04. The second kappa shape index (κ2) is 11.6. The van der Waals surface area contributed by atoms with Crippen LogP contribution in [0.15, 0.2) is 168 Å². The number of nitrogens with zero attached hydrogens (tertiary/aromatic N) is 3. The van der Waals surface area contributed by atoms with E-state index in [-0.39, 0.29) is 0 Å². The number of rotatable bonds is 5. The molecule has 0 amide bonds. The number of furan rings is 1. The summed E-state index contributed by atoms with van der Waals surface area (Å²) in [4.78, 5) is 15.4. The van der Waals surface area contributed by atoms with E-state index in [9.17, 15) is 0 Å². The lowest BCUT2D eigenvalue weighted by atomic mass is 9.97. The Balaban J connectivity index is 1.19. The Bertz CT molecular complexity index is 2860. The molecule has 0 fully saturated rings. The lowest BCUT2D eigenvalue weighted by Gasteiger charge is -2.11. The maximum Gasteiger partial charge on any atom is 0.164 e. The number of aromatic nitrogens is 3. The fraction of sp³-hybridized carbons (Fsp3) is 0. The Hall–Kier alpha value is -6.43. The Kier molecular flexibility index (Phi) is 6.64. The van der Waals surface area contributed by atoms with Gasteiger partial charge in [0, 0.05) is 47.6 Å². The smallest absolute Gasteiger partial charge is 0.164 e. The third kappa shape index (κ3) is 4.87. The first-order chi connectivity index (χ1) is 24.7. The summed E-state index contributed by atoms with van der Waals surface area (Å²) in [5.74, 6) is 1.84. The zero-order valence-corrected chi connectivity index (χ0v) is 27.6. The van der Waals surface area contributed by atoms with Gasteiger partial charge in [-0.05, 0) is 52.6 Å². The second-order valence-electron chi connectivity index (χ2n) is 12.4. The molecule has 0 aliphatic carbocycles. The van der Waals surface area contributed by atoms with E-state index in [2.05, 4.69) is 140 Å². The highest BCUT2D eigenvalue weighted by Gasteiger charge is 2.19. The summed E-state index contributed by atoms with van der Waals surface area (Å²) in [6, 6.07) is 56.8. The largest absolute Gasteiger partial charge is 0.456 e. The molecule has 0 atom stereocenters. The van der Waals surface area contributed by atoms with Crippen molar-refractivity contribution >= 4 is 53.4 Å². The van der Waals surface area contributed by atoms with Crippen molar-refractivity contribution < 1.29 is 4.42 Å². The lowest BCUT2D eigenvalue weighted by molar-refractivity contribution is 0.669. The first-order valence-corrected chi connectivity index (χ1v) is 17.4. The Morgan fingerprint density at radius 3 is 1.70 bits per heavy atom. The van der Waals surface area contributed by atoms with Crippen LogP contribution >= 0.6 is 11.3 Å². The quantitative estimate of drug-likeness (QED) is 0.185. The van der Waals surface area contributed by atoms with Crippen molar-refractivity contribution in [2.45, 2.75) is 0 Å². The van der Waals surface area contributed by atoms with Gasteiger partial charge in [-0.2, -0.15) is 0 Å². The minimum Gasteiger partial charge on any atom is -0.456 e. The molecule has 0 aliphatic rings. The van der Waals surface area contributed by atoms with Crippen LogP contribution in [-0.4, -0.2) is 15.0 Å². The van der Waals surface area contributed by atoms with Crippen molar-refractivity contribution in [3.63, 3.8) is 0 Å². The topological polar surface area (TPSA) is 51.8 Å². The number of para-hydroxylation sites is 1. The minimum absolute atomic E-state index is 0.591. The highest BCUT2D eigenvalue weighted by molar-refractivity contribution is 7.25. The van der Waals surface area contributed by atoms with Crippen LogP contribution in [0.3, 0.4) is 0 Å². The summed E-state index contributed by atoms with van der Waals surface area (Å²) in [6.45, 7) is 0. The van der Waals surface area contributed by atoms with Crippen LogP contribution in [0, 0.1) is 0 Å². The average molecular weight is 658 g/mol. The zero-order chi connectivity index (χ0) is 33.0. The molecule has 0 radical (unpaired) electrons. The van der Waals surface area contributed by atoms with E-state index >= 15 is 0 Å². The molecule has 0 saturated heterocycles. The Morgan fingerprint density at radius 2 is 0.920 bits per heavy atom. The third-order valence-corrected chi connectivity index (χ3v) is 10.5. The predicted octanol–water partition coefficient (Wildman–Crippen LogP) is 12.5. The van der Waals surface area contributed by atoms with Gasteiger partial charge in [0.2, 0.25) is 0 Å². The summed E-state index contributed by atoms with van der Waals surface area (Å²) in [5, 5.41) is 4.67. The van der Waals surface area contributed by atoms with E-state index in [1.54, 1.807) is 11.3 Å². The number of benzene rings is 7. The molecule has 0 unspecified atom stereocenters. The van der Waals surface area contributed by atoms with Crippen LogP contribution < -0.4 is 0 Å². The standard InChI is InChI=1S/C45H27N3OS/c1-3-11-28(12-4-1)29-19-21-31(22-20-29)43-46-44(32-23-24-35-34-15-8-10-18-40(34)50-41(35)27-32)48-45(47-43)33-25-37(30-13-5-2-6-14-30)42-36-16-7-9-17-38(36)49-39(42)26-33/h1-27H. The van der Waals surface area contributed by atoms with Crippen LogP contribution in [0.2, 0.25) is 0 Å². The highest BCUT2D eigenvalue weighted by atomic mass is 32.1. The molecule has 0 bridgehead atoms. The number of hydrogen-bond donors (Lipinski definition) is 0. The van der Waals surface area contributed by atoms with Gasteiger partial charge in [0.25, 0.3) is 0 Å². The molecule has 3 heterocycles. The molecule has 3 aromatic heterocycles. The van der Waals surface area contributed by atoms with Crippen molar-refractivity contribution in [3.05, 3.63) is 164 Å². The summed E-state index contributed by atoms with van der Waals surface area (Å²) in [6.07, 6.45) is 0. The molecular weight excluding hydrogens is 631 g/mol. The number of hydrogen-bond acceptors (Lipinski definition) is 5. The van der Waals surface area contributed by atoms with E-state index < -0.39 is 0 Å². The molecular formula is C45H27N3OS. The summed E-state index contributed by atoms with van der Waals surface area (Å²) < 4.78 is 8.94. The molecule has 5 heteroatoms. The maximum absolute atomic E-state index is 6.47. The van der Waals surface area contributed by atoms with Gasteiger partial charge in [-0.1, -0.05) is 133 Å². The molecule has 7 aromatic carbocycles. The number of fused-ring (bicyclic) bond motifs is 6. The molecule has 50 heavy (non-hydrogen) atoms. The van der Waals surface area contributed by atoms with Crippen molar-refractivity contribution in [1.29, 1.82) is 0 Å². The summed E-state index contributed by atoms with van der Waals surface area (Å²) >= 11 is 1.79. The summed E-state index contributed by atoms with van der Waals surface area (Å²) in [5.41, 5.74) is 8.87. The van der Waals surface area contributed by atoms with Crippen LogP contribution in [0.25, 0.3) is 98.5 Å².